The molecule has 1 fully saturated rings. The minimum Gasteiger partial charge on any atom is -0.340 e. The molecular formula is C16H20F3N3O2. The maximum absolute atomic E-state index is 12.6. The molecule has 0 atom stereocenters. The predicted octanol–water partition coefficient (Wildman–Crippen LogP) is 2.20. The van der Waals surface area contributed by atoms with Gasteiger partial charge in [0.2, 0.25) is 11.8 Å². The molecule has 0 saturated carbocycles. The van der Waals surface area contributed by atoms with Crippen molar-refractivity contribution in [3.05, 3.63) is 29.8 Å². The van der Waals surface area contributed by atoms with Crippen LogP contribution in [0.5, 0.6) is 0 Å². The summed E-state index contributed by atoms with van der Waals surface area (Å²) in [5, 5.41) is 2.35. The molecule has 1 heterocycles. The molecule has 2 amide bonds. The molecule has 5 nitrogen and oxygen atoms in total. The van der Waals surface area contributed by atoms with Crippen LogP contribution < -0.4 is 5.32 Å². The SMILES string of the molecule is CCN1CCN(C(=O)CC(=O)Nc2cccc(C(F)(F)F)c2)CC1. The molecule has 0 aromatic heterocycles. The Labute approximate surface area is 138 Å². The Morgan fingerprint density at radius 3 is 2.42 bits per heavy atom. The Kier molecular flexibility index (Phi) is 5.82. The summed E-state index contributed by atoms with van der Waals surface area (Å²) in [4.78, 5) is 27.8. The van der Waals surface area contributed by atoms with Crippen molar-refractivity contribution in [3.8, 4) is 0 Å². The van der Waals surface area contributed by atoms with Gasteiger partial charge in [0.1, 0.15) is 6.42 Å². The summed E-state index contributed by atoms with van der Waals surface area (Å²) in [6.07, 6.45) is -4.85. The molecule has 0 unspecified atom stereocenters. The van der Waals surface area contributed by atoms with E-state index >= 15 is 0 Å². The lowest BCUT2D eigenvalue weighted by Gasteiger charge is -2.34. The summed E-state index contributed by atoms with van der Waals surface area (Å²) in [7, 11) is 0. The van der Waals surface area contributed by atoms with Crippen molar-refractivity contribution in [3.63, 3.8) is 0 Å². The highest BCUT2D eigenvalue weighted by molar-refractivity contribution is 6.03. The third-order valence-corrected chi connectivity index (χ3v) is 3.96. The maximum atomic E-state index is 12.6. The maximum Gasteiger partial charge on any atom is 0.416 e. The van der Waals surface area contributed by atoms with Crippen LogP contribution in [0.25, 0.3) is 0 Å². The molecule has 1 saturated heterocycles. The molecular weight excluding hydrogens is 323 g/mol. The van der Waals surface area contributed by atoms with E-state index in [4.69, 9.17) is 0 Å². The van der Waals surface area contributed by atoms with E-state index < -0.39 is 17.6 Å². The smallest absolute Gasteiger partial charge is 0.340 e. The molecule has 8 heteroatoms. The zero-order chi connectivity index (χ0) is 17.7. The number of amides is 2. The van der Waals surface area contributed by atoms with E-state index in [9.17, 15) is 22.8 Å². The van der Waals surface area contributed by atoms with Crippen LogP contribution in [0, 0.1) is 0 Å². The van der Waals surface area contributed by atoms with E-state index in [1.54, 1.807) is 4.90 Å². The van der Waals surface area contributed by atoms with Crippen LogP contribution in [0.15, 0.2) is 24.3 Å². The van der Waals surface area contributed by atoms with E-state index in [0.29, 0.717) is 13.1 Å². The number of hydrogen-bond donors (Lipinski definition) is 1. The van der Waals surface area contributed by atoms with Crippen molar-refractivity contribution in [1.82, 2.24) is 9.80 Å². The molecule has 0 bridgehead atoms. The minimum absolute atomic E-state index is 0.0263. The summed E-state index contributed by atoms with van der Waals surface area (Å²) >= 11 is 0. The van der Waals surface area contributed by atoms with Gasteiger partial charge in [0.05, 0.1) is 5.56 Å². The molecule has 0 radical (unpaired) electrons. The highest BCUT2D eigenvalue weighted by Gasteiger charge is 2.30. The van der Waals surface area contributed by atoms with Crippen molar-refractivity contribution in [2.24, 2.45) is 0 Å². The van der Waals surface area contributed by atoms with Gasteiger partial charge < -0.3 is 15.1 Å². The van der Waals surface area contributed by atoms with E-state index in [1.807, 2.05) is 6.92 Å². The average molecular weight is 343 g/mol. The van der Waals surface area contributed by atoms with Crippen LogP contribution in [0.4, 0.5) is 18.9 Å². The van der Waals surface area contributed by atoms with Gasteiger partial charge >= 0.3 is 6.18 Å². The Bertz CT molecular complexity index is 596. The number of halogens is 3. The zero-order valence-corrected chi connectivity index (χ0v) is 13.4. The van der Waals surface area contributed by atoms with E-state index in [1.165, 1.54) is 12.1 Å². The fourth-order valence-corrected chi connectivity index (χ4v) is 2.54. The Hall–Kier alpha value is -2.09. The van der Waals surface area contributed by atoms with Crippen LogP contribution in [0.1, 0.15) is 18.9 Å². The average Bonchev–Trinajstić information content (AvgIpc) is 2.54. The van der Waals surface area contributed by atoms with Gasteiger partial charge in [0, 0.05) is 31.9 Å². The monoisotopic (exact) mass is 343 g/mol. The van der Waals surface area contributed by atoms with Gasteiger partial charge in [-0.3, -0.25) is 9.59 Å². The number of hydrogen-bond acceptors (Lipinski definition) is 3. The second-order valence-corrected chi connectivity index (χ2v) is 5.62. The molecule has 1 aliphatic heterocycles. The topological polar surface area (TPSA) is 52.7 Å². The second-order valence-electron chi connectivity index (χ2n) is 5.62. The molecule has 0 spiro atoms. The summed E-state index contributed by atoms with van der Waals surface area (Å²) in [6, 6.07) is 4.35. The summed E-state index contributed by atoms with van der Waals surface area (Å²) in [5.41, 5.74) is -0.819. The Balaban J connectivity index is 1.88. The Morgan fingerprint density at radius 2 is 1.83 bits per heavy atom. The third kappa shape index (κ3) is 4.95. The predicted molar refractivity (Wildman–Crippen MR) is 83.4 cm³/mol. The van der Waals surface area contributed by atoms with Crippen LogP contribution in [-0.4, -0.2) is 54.3 Å². The first-order chi connectivity index (χ1) is 11.3. The molecule has 2 rings (SSSR count). The van der Waals surface area contributed by atoms with E-state index in [-0.39, 0.29) is 18.0 Å². The number of rotatable bonds is 4. The van der Waals surface area contributed by atoms with Crippen LogP contribution in [0.3, 0.4) is 0 Å². The number of nitrogens with one attached hydrogen (secondary N) is 1. The first-order valence-corrected chi connectivity index (χ1v) is 7.77. The molecule has 24 heavy (non-hydrogen) atoms. The Morgan fingerprint density at radius 1 is 1.17 bits per heavy atom. The second kappa shape index (κ2) is 7.65. The van der Waals surface area contributed by atoms with Crippen molar-refractivity contribution in [2.75, 3.05) is 38.0 Å². The molecule has 132 valence electrons. The third-order valence-electron chi connectivity index (χ3n) is 3.96. The first-order valence-electron chi connectivity index (χ1n) is 7.77. The summed E-state index contributed by atoms with van der Waals surface area (Å²) in [6.45, 7) is 5.60. The standard InChI is InChI=1S/C16H20F3N3O2/c1-2-21-6-8-22(9-7-21)15(24)11-14(23)20-13-5-3-4-12(10-13)16(17,18)19/h3-5,10H,2,6-9,11H2,1H3,(H,20,23). The van der Waals surface area contributed by atoms with Crippen LogP contribution >= 0.6 is 0 Å². The van der Waals surface area contributed by atoms with Gasteiger partial charge in [-0.25, -0.2) is 0 Å². The van der Waals surface area contributed by atoms with Crippen molar-refractivity contribution >= 4 is 17.5 Å². The first kappa shape index (κ1) is 18.3. The van der Waals surface area contributed by atoms with Gasteiger partial charge in [0.25, 0.3) is 0 Å². The van der Waals surface area contributed by atoms with Gasteiger partial charge in [-0.05, 0) is 24.7 Å². The van der Waals surface area contributed by atoms with Crippen LogP contribution in [-0.2, 0) is 15.8 Å². The van der Waals surface area contributed by atoms with Gasteiger partial charge in [0.15, 0.2) is 0 Å². The normalized spacial score (nSPS) is 16.1. The lowest BCUT2D eigenvalue weighted by molar-refractivity contribution is -0.138. The van der Waals surface area contributed by atoms with Crippen LogP contribution in [0.2, 0.25) is 0 Å². The largest absolute Gasteiger partial charge is 0.416 e. The number of piperazine rings is 1. The molecule has 1 aliphatic rings. The minimum atomic E-state index is -4.48. The van der Waals surface area contributed by atoms with Crippen molar-refractivity contribution in [2.45, 2.75) is 19.5 Å². The highest BCUT2D eigenvalue weighted by atomic mass is 19.4. The molecule has 1 N–H and O–H groups in total. The summed E-state index contributed by atoms with van der Waals surface area (Å²) < 4.78 is 37.9. The molecule has 1 aromatic carbocycles. The number of nitrogens with zero attached hydrogens (tertiary/aromatic N) is 2. The fourth-order valence-electron chi connectivity index (χ4n) is 2.54. The zero-order valence-electron chi connectivity index (χ0n) is 13.4. The quantitative estimate of drug-likeness (QED) is 0.853. The highest BCUT2D eigenvalue weighted by Crippen LogP contribution is 2.30. The number of alkyl halides is 3. The molecule has 1 aromatic rings. The van der Waals surface area contributed by atoms with Gasteiger partial charge in [-0.1, -0.05) is 13.0 Å². The summed E-state index contributed by atoms with van der Waals surface area (Å²) in [5.74, 6) is -0.924. The fraction of sp³-hybridized carbons (Fsp3) is 0.500. The number of anilines is 1. The van der Waals surface area contributed by atoms with E-state index in [2.05, 4.69) is 10.2 Å². The van der Waals surface area contributed by atoms with Crippen molar-refractivity contribution < 1.29 is 22.8 Å². The van der Waals surface area contributed by atoms with Gasteiger partial charge in [-0.2, -0.15) is 13.2 Å². The lowest BCUT2D eigenvalue weighted by Crippen LogP contribution is -2.49. The number of carbonyl (C=O) groups is 2. The van der Waals surface area contributed by atoms with Gasteiger partial charge in [-0.15, -0.1) is 0 Å². The lowest BCUT2D eigenvalue weighted by atomic mass is 10.2. The van der Waals surface area contributed by atoms with Crippen molar-refractivity contribution in [1.29, 1.82) is 0 Å². The number of carbonyl (C=O) groups excluding carboxylic acids is 2. The number of likely N-dealkylation sites (N-methyl/N-ethyl adjacent to an activating group) is 1. The van der Waals surface area contributed by atoms with E-state index in [0.717, 1.165) is 31.8 Å². The molecule has 0 aliphatic carbocycles. The number of benzene rings is 1.